The Bertz CT molecular complexity index is 878. The van der Waals surface area contributed by atoms with E-state index in [1.165, 1.54) is 28.4 Å². The van der Waals surface area contributed by atoms with Gasteiger partial charge in [-0.15, -0.1) is 11.3 Å². The van der Waals surface area contributed by atoms with Crippen molar-refractivity contribution >= 4 is 33.3 Å². The van der Waals surface area contributed by atoms with Gasteiger partial charge in [-0.3, -0.25) is 4.79 Å². The zero-order chi connectivity index (χ0) is 17.3. The van der Waals surface area contributed by atoms with E-state index in [1.807, 2.05) is 0 Å². The monoisotopic (exact) mass is 348 g/mol. The van der Waals surface area contributed by atoms with Gasteiger partial charge in [0.25, 0.3) is 0 Å². The Morgan fingerprint density at radius 3 is 2.67 bits per heavy atom. The maximum absolute atomic E-state index is 13.2. The SMILES string of the molecule is CN(C(=O)[C@@H](N)Cc1cc(F)cc(F)c1)c1cnc2scnc2c1. The van der Waals surface area contributed by atoms with E-state index in [1.54, 1.807) is 24.8 Å². The van der Waals surface area contributed by atoms with Crippen LogP contribution in [0.4, 0.5) is 14.5 Å². The maximum Gasteiger partial charge on any atom is 0.244 e. The summed E-state index contributed by atoms with van der Waals surface area (Å²) < 4.78 is 26.5. The number of likely N-dealkylation sites (N-methyl/N-ethyl adjacent to an activating group) is 1. The second-order valence-electron chi connectivity index (χ2n) is 5.36. The van der Waals surface area contributed by atoms with Crippen LogP contribution in [0.25, 0.3) is 10.3 Å². The van der Waals surface area contributed by atoms with E-state index in [2.05, 4.69) is 9.97 Å². The van der Waals surface area contributed by atoms with Crippen molar-refractivity contribution in [3.05, 3.63) is 53.2 Å². The molecule has 24 heavy (non-hydrogen) atoms. The Kier molecular flexibility index (Phi) is 4.50. The van der Waals surface area contributed by atoms with E-state index < -0.39 is 17.7 Å². The molecule has 2 N–H and O–H groups in total. The van der Waals surface area contributed by atoms with Crippen LogP contribution >= 0.6 is 11.3 Å². The Balaban J connectivity index is 1.76. The summed E-state index contributed by atoms with van der Waals surface area (Å²) in [6.07, 6.45) is 1.59. The molecule has 0 radical (unpaired) electrons. The summed E-state index contributed by atoms with van der Waals surface area (Å²) in [4.78, 5) is 23.0. The lowest BCUT2D eigenvalue weighted by Gasteiger charge is -2.21. The normalized spacial score (nSPS) is 12.3. The molecule has 0 aliphatic rings. The Morgan fingerprint density at radius 2 is 1.96 bits per heavy atom. The fourth-order valence-corrected chi connectivity index (χ4v) is 2.99. The first-order valence-electron chi connectivity index (χ1n) is 7.11. The molecule has 2 heterocycles. The van der Waals surface area contributed by atoms with Crippen molar-refractivity contribution < 1.29 is 13.6 Å². The van der Waals surface area contributed by atoms with Gasteiger partial charge in [0, 0.05) is 13.1 Å². The fourth-order valence-electron chi connectivity index (χ4n) is 2.38. The van der Waals surface area contributed by atoms with Crippen molar-refractivity contribution in [3.8, 4) is 0 Å². The molecule has 0 spiro atoms. The smallest absolute Gasteiger partial charge is 0.244 e. The molecule has 1 amide bonds. The lowest BCUT2D eigenvalue weighted by molar-refractivity contribution is -0.119. The Labute approximate surface area is 140 Å². The number of hydrogen-bond acceptors (Lipinski definition) is 5. The van der Waals surface area contributed by atoms with Crippen LogP contribution < -0.4 is 10.6 Å². The molecule has 1 aromatic carbocycles. The number of thiazole rings is 1. The lowest BCUT2D eigenvalue weighted by atomic mass is 10.1. The quantitative estimate of drug-likeness (QED) is 0.786. The minimum absolute atomic E-state index is 0.0320. The number of amides is 1. The number of benzene rings is 1. The predicted molar refractivity (Wildman–Crippen MR) is 88.9 cm³/mol. The minimum atomic E-state index is -0.928. The van der Waals surface area contributed by atoms with Gasteiger partial charge in [0.15, 0.2) is 0 Å². The second-order valence-corrected chi connectivity index (χ2v) is 6.19. The third-order valence-electron chi connectivity index (χ3n) is 3.59. The molecule has 0 saturated heterocycles. The molecule has 0 aliphatic heterocycles. The molecular formula is C16H14F2N4OS. The highest BCUT2D eigenvalue weighted by molar-refractivity contribution is 7.16. The van der Waals surface area contributed by atoms with Gasteiger partial charge in [0.2, 0.25) is 5.91 Å². The number of carbonyl (C=O) groups excluding carboxylic acids is 1. The number of nitrogens with two attached hydrogens (primary N) is 1. The minimum Gasteiger partial charge on any atom is -0.320 e. The number of hydrogen-bond donors (Lipinski definition) is 1. The summed E-state index contributed by atoms with van der Waals surface area (Å²) in [5.41, 5.74) is 9.16. The van der Waals surface area contributed by atoms with Crippen molar-refractivity contribution in [2.24, 2.45) is 5.73 Å². The van der Waals surface area contributed by atoms with Crippen LogP contribution in [0.15, 0.2) is 36.0 Å². The zero-order valence-corrected chi connectivity index (χ0v) is 13.6. The molecule has 8 heteroatoms. The van der Waals surface area contributed by atoms with Gasteiger partial charge in [-0.2, -0.15) is 0 Å². The van der Waals surface area contributed by atoms with Crippen molar-refractivity contribution in [3.63, 3.8) is 0 Å². The number of carbonyl (C=O) groups is 1. The van der Waals surface area contributed by atoms with E-state index in [0.29, 0.717) is 16.8 Å². The summed E-state index contributed by atoms with van der Waals surface area (Å²) in [7, 11) is 1.57. The number of fused-ring (bicyclic) bond motifs is 1. The van der Waals surface area contributed by atoms with Crippen LogP contribution in [0, 0.1) is 11.6 Å². The van der Waals surface area contributed by atoms with Gasteiger partial charge < -0.3 is 10.6 Å². The Morgan fingerprint density at radius 1 is 1.25 bits per heavy atom. The van der Waals surface area contributed by atoms with E-state index in [0.717, 1.165) is 10.9 Å². The first-order chi connectivity index (χ1) is 11.4. The molecular weight excluding hydrogens is 334 g/mol. The van der Waals surface area contributed by atoms with Gasteiger partial charge in [-0.05, 0) is 30.2 Å². The molecule has 0 saturated carbocycles. The van der Waals surface area contributed by atoms with Crippen LogP contribution in [0.1, 0.15) is 5.56 Å². The molecule has 0 aliphatic carbocycles. The molecule has 5 nitrogen and oxygen atoms in total. The van der Waals surface area contributed by atoms with Crippen LogP contribution in [0.5, 0.6) is 0 Å². The van der Waals surface area contributed by atoms with Gasteiger partial charge in [-0.1, -0.05) is 0 Å². The first kappa shape index (κ1) is 16.4. The Hall–Kier alpha value is -2.45. The van der Waals surface area contributed by atoms with Gasteiger partial charge in [0.1, 0.15) is 22.0 Å². The molecule has 0 bridgehead atoms. The summed E-state index contributed by atoms with van der Waals surface area (Å²) in [5.74, 6) is -1.77. The third kappa shape index (κ3) is 3.39. The topological polar surface area (TPSA) is 72.1 Å². The maximum atomic E-state index is 13.2. The number of halogens is 2. The fraction of sp³-hybridized carbons (Fsp3) is 0.188. The van der Waals surface area contributed by atoms with Crippen LogP contribution in [0.3, 0.4) is 0 Å². The molecule has 124 valence electrons. The highest BCUT2D eigenvalue weighted by Crippen LogP contribution is 2.21. The summed E-state index contributed by atoms with van der Waals surface area (Å²) >= 11 is 1.41. The highest BCUT2D eigenvalue weighted by Gasteiger charge is 2.21. The molecule has 0 fully saturated rings. The summed E-state index contributed by atoms with van der Waals surface area (Å²) in [6.45, 7) is 0. The van der Waals surface area contributed by atoms with Crippen molar-refractivity contribution in [1.82, 2.24) is 9.97 Å². The van der Waals surface area contributed by atoms with Crippen LogP contribution in [0.2, 0.25) is 0 Å². The van der Waals surface area contributed by atoms with Crippen LogP contribution in [-0.4, -0.2) is 29.0 Å². The van der Waals surface area contributed by atoms with Gasteiger partial charge in [-0.25, -0.2) is 18.7 Å². The van der Waals surface area contributed by atoms with E-state index in [9.17, 15) is 13.6 Å². The zero-order valence-electron chi connectivity index (χ0n) is 12.7. The number of nitrogens with zero attached hydrogens (tertiary/aromatic N) is 3. The lowest BCUT2D eigenvalue weighted by Crippen LogP contribution is -2.43. The molecule has 2 aromatic heterocycles. The van der Waals surface area contributed by atoms with Gasteiger partial charge >= 0.3 is 0 Å². The molecule has 3 rings (SSSR count). The van der Waals surface area contributed by atoms with E-state index in [4.69, 9.17) is 5.73 Å². The predicted octanol–water partition coefficient (Wildman–Crippen LogP) is 2.50. The number of aromatic nitrogens is 2. The molecule has 3 aromatic rings. The van der Waals surface area contributed by atoms with Crippen LogP contribution in [-0.2, 0) is 11.2 Å². The van der Waals surface area contributed by atoms with Gasteiger partial charge in [0.05, 0.1) is 23.4 Å². The second kappa shape index (κ2) is 6.58. The van der Waals surface area contributed by atoms with Crippen molar-refractivity contribution in [2.75, 3.05) is 11.9 Å². The number of rotatable bonds is 4. The molecule has 1 atom stereocenters. The average molecular weight is 348 g/mol. The van der Waals surface area contributed by atoms with Crippen molar-refractivity contribution in [1.29, 1.82) is 0 Å². The number of pyridine rings is 1. The first-order valence-corrected chi connectivity index (χ1v) is 7.99. The summed E-state index contributed by atoms with van der Waals surface area (Å²) in [5, 5.41) is 0. The standard InChI is InChI=1S/C16H14F2N4OS/c1-22(12-6-14-15(20-7-12)24-8-21-14)16(23)13(19)4-9-2-10(17)5-11(18)3-9/h2-3,5-8,13H,4,19H2,1H3/t13-/m0/s1. The summed E-state index contributed by atoms with van der Waals surface area (Å²) in [6, 6.07) is 3.92. The van der Waals surface area contributed by atoms with E-state index >= 15 is 0 Å². The van der Waals surface area contributed by atoms with E-state index in [-0.39, 0.29) is 12.3 Å². The largest absolute Gasteiger partial charge is 0.320 e. The van der Waals surface area contributed by atoms with Crippen molar-refractivity contribution in [2.45, 2.75) is 12.5 Å². The third-order valence-corrected chi connectivity index (χ3v) is 4.34. The number of anilines is 1. The average Bonchev–Trinajstić information content (AvgIpc) is 2.99. The molecule has 0 unspecified atom stereocenters. The highest BCUT2D eigenvalue weighted by atomic mass is 32.1.